The Balaban J connectivity index is 2.24. The maximum atomic E-state index is 12.3. The number of benzene rings is 2. The SMILES string of the molecule is Cc1cc(C)cc(OCc2ccc(Cl)c(S(=O)(=O)N=CN(C)C)c2)c1. The summed E-state index contributed by atoms with van der Waals surface area (Å²) in [6.07, 6.45) is 1.23. The summed E-state index contributed by atoms with van der Waals surface area (Å²) in [5.74, 6) is 0.738. The topological polar surface area (TPSA) is 59.0 Å². The lowest BCUT2D eigenvalue weighted by Gasteiger charge is -2.10. The van der Waals surface area contributed by atoms with Crippen LogP contribution in [0.2, 0.25) is 5.02 Å². The molecule has 0 aliphatic heterocycles. The van der Waals surface area contributed by atoms with Crippen molar-refractivity contribution in [2.24, 2.45) is 4.40 Å². The maximum absolute atomic E-state index is 12.3. The van der Waals surface area contributed by atoms with Gasteiger partial charge in [-0.2, -0.15) is 8.42 Å². The Bertz CT molecular complexity index is 873. The minimum absolute atomic E-state index is 0.0335. The van der Waals surface area contributed by atoms with Gasteiger partial charge in [-0.25, -0.2) is 0 Å². The highest BCUT2D eigenvalue weighted by Crippen LogP contribution is 2.25. The van der Waals surface area contributed by atoms with E-state index >= 15 is 0 Å². The van der Waals surface area contributed by atoms with E-state index in [0.29, 0.717) is 5.56 Å². The van der Waals surface area contributed by atoms with Crippen LogP contribution >= 0.6 is 11.6 Å². The Hall–Kier alpha value is -2.05. The molecule has 134 valence electrons. The molecule has 0 amide bonds. The number of nitrogens with zero attached hydrogens (tertiary/aromatic N) is 2. The molecule has 2 aromatic carbocycles. The van der Waals surface area contributed by atoms with Gasteiger partial charge in [0.2, 0.25) is 0 Å². The smallest absolute Gasteiger partial charge is 0.285 e. The number of ether oxygens (including phenoxy) is 1. The zero-order chi connectivity index (χ0) is 18.6. The van der Waals surface area contributed by atoms with Gasteiger partial charge in [-0.1, -0.05) is 23.7 Å². The van der Waals surface area contributed by atoms with Crippen LogP contribution in [0.4, 0.5) is 0 Å². The van der Waals surface area contributed by atoms with Gasteiger partial charge in [0.05, 0.1) is 5.02 Å². The predicted octanol–water partition coefficient (Wildman–Crippen LogP) is 3.81. The lowest BCUT2D eigenvalue weighted by Crippen LogP contribution is -2.10. The van der Waals surface area contributed by atoms with Crippen LogP contribution in [0.15, 0.2) is 45.7 Å². The third-order valence-corrected chi connectivity index (χ3v) is 5.00. The molecule has 0 saturated heterocycles. The Kier molecular flexibility index (Phi) is 6.08. The average molecular weight is 381 g/mol. The van der Waals surface area contributed by atoms with Gasteiger partial charge in [-0.05, 0) is 54.8 Å². The van der Waals surface area contributed by atoms with E-state index < -0.39 is 10.0 Å². The van der Waals surface area contributed by atoms with Crippen molar-refractivity contribution in [3.05, 3.63) is 58.1 Å². The Morgan fingerprint density at radius 1 is 1.12 bits per heavy atom. The van der Waals surface area contributed by atoms with Crippen molar-refractivity contribution in [1.82, 2.24) is 4.90 Å². The van der Waals surface area contributed by atoms with E-state index in [1.165, 1.54) is 12.4 Å². The summed E-state index contributed by atoms with van der Waals surface area (Å²) in [4.78, 5) is 1.51. The Morgan fingerprint density at radius 3 is 2.36 bits per heavy atom. The van der Waals surface area contributed by atoms with Crippen LogP contribution in [-0.2, 0) is 16.6 Å². The van der Waals surface area contributed by atoms with Gasteiger partial charge in [-0.15, -0.1) is 4.40 Å². The normalized spacial score (nSPS) is 11.7. The quantitative estimate of drug-likeness (QED) is 0.564. The molecule has 0 atom stereocenters. The first kappa shape index (κ1) is 19.3. The zero-order valence-corrected chi connectivity index (χ0v) is 16.2. The van der Waals surface area contributed by atoms with Gasteiger partial charge >= 0.3 is 0 Å². The van der Waals surface area contributed by atoms with E-state index in [4.69, 9.17) is 16.3 Å². The van der Waals surface area contributed by atoms with Crippen LogP contribution in [0, 0.1) is 13.8 Å². The maximum Gasteiger partial charge on any atom is 0.285 e. The highest BCUT2D eigenvalue weighted by Gasteiger charge is 2.17. The number of rotatable bonds is 6. The molecule has 0 aromatic heterocycles. The molecule has 5 nitrogen and oxygen atoms in total. The standard InChI is InChI=1S/C18H21ClN2O3S/c1-13-7-14(2)9-16(8-13)24-11-15-5-6-17(19)18(10-15)25(22,23)20-12-21(3)4/h5-10,12H,11H2,1-4H3. The van der Waals surface area contributed by atoms with Crippen LogP contribution in [0.25, 0.3) is 0 Å². The molecule has 0 aliphatic carbocycles. The van der Waals surface area contributed by atoms with E-state index in [2.05, 4.69) is 10.5 Å². The average Bonchev–Trinajstić information content (AvgIpc) is 2.51. The van der Waals surface area contributed by atoms with Gasteiger partial charge in [0, 0.05) is 14.1 Å². The second-order valence-corrected chi connectivity index (χ2v) is 8.04. The summed E-state index contributed by atoms with van der Waals surface area (Å²) in [6, 6.07) is 10.7. The van der Waals surface area contributed by atoms with Crippen LogP contribution in [0.1, 0.15) is 16.7 Å². The summed E-state index contributed by atoms with van der Waals surface area (Å²) in [6.45, 7) is 4.23. The molecule has 0 heterocycles. The minimum Gasteiger partial charge on any atom is -0.489 e. The molecule has 7 heteroatoms. The van der Waals surface area contributed by atoms with E-state index in [0.717, 1.165) is 16.9 Å². The number of aryl methyl sites for hydroxylation is 2. The second kappa shape index (κ2) is 7.89. The lowest BCUT2D eigenvalue weighted by molar-refractivity contribution is 0.305. The molecule has 0 aliphatic rings. The first-order valence-electron chi connectivity index (χ1n) is 7.64. The van der Waals surface area contributed by atoms with Crippen molar-refractivity contribution < 1.29 is 13.2 Å². The third-order valence-electron chi connectivity index (χ3n) is 3.29. The molecule has 2 aromatic rings. The van der Waals surface area contributed by atoms with E-state index in [9.17, 15) is 8.42 Å². The van der Waals surface area contributed by atoms with Crippen molar-refractivity contribution in [2.75, 3.05) is 14.1 Å². The summed E-state index contributed by atoms with van der Waals surface area (Å²) in [5.41, 5.74) is 2.90. The molecule has 0 fully saturated rings. The van der Waals surface area contributed by atoms with Gasteiger partial charge in [0.1, 0.15) is 23.6 Å². The zero-order valence-electron chi connectivity index (χ0n) is 14.7. The summed E-state index contributed by atoms with van der Waals surface area (Å²) in [5, 5.41) is 0.131. The van der Waals surface area contributed by atoms with Gasteiger partial charge < -0.3 is 9.64 Å². The van der Waals surface area contributed by atoms with Crippen LogP contribution in [0.3, 0.4) is 0 Å². The van der Waals surface area contributed by atoms with Gasteiger partial charge in [0.15, 0.2) is 0 Å². The number of hydrogen-bond donors (Lipinski definition) is 0. The Morgan fingerprint density at radius 2 is 1.76 bits per heavy atom. The fourth-order valence-electron chi connectivity index (χ4n) is 2.23. The molecule has 0 radical (unpaired) electrons. The Labute approximate surface area is 154 Å². The van der Waals surface area contributed by atoms with Gasteiger partial charge in [-0.3, -0.25) is 0 Å². The minimum atomic E-state index is -3.86. The molecular weight excluding hydrogens is 360 g/mol. The van der Waals surface area contributed by atoms with Crippen molar-refractivity contribution in [3.8, 4) is 5.75 Å². The van der Waals surface area contributed by atoms with E-state index in [1.807, 2.05) is 26.0 Å². The monoisotopic (exact) mass is 380 g/mol. The molecule has 0 spiro atoms. The molecule has 0 unspecified atom stereocenters. The first-order valence-corrected chi connectivity index (χ1v) is 9.45. The predicted molar refractivity (Wildman–Crippen MR) is 101 cm³/mol. The summed E-state index contributed by atoms with van der Waals surface area (Å²) in [7, 11) is -0.486. The molecule has 0 N–H and O–H groups in total. The summed E-state index contributed by atoms with van der Waals surface area (Å²) >= 11 is 6.05. The lowest BCUT2D eigenvalue weighted by atomic mass is 10.1. The van der Waals surface area contributed by atoms with Crippen LogP contribution in [-0.4, -0.2) is 33.8 Å². The van der Waals surface area contributed by atoms with Crippen molar-refractivity contribution in [1.29, 1.82) is 0 Å². The highest BCUT2D eigenvalue weighted by atomic mass is 35.5. The number of sulfonamides is 1. The van der Waals surface area contributed by atoms with Crippen molar-refractivity contribution in [3.63, 3.8) is 0 Å². The highest BCUT2D eigenvalue weighted by molar-refractivity contribution is 7.90. The van der Waals surface area contributed by atoms with Crippen molar-refractivity contribution >= 4 is 28.0 Å². The van der Waals surface area contributed by atoms with E-state index in [-0.39, 0.29) is 16.5 Å². The largest absolute Gasteiger partial charge is 0.489 e. The molecule has 0 saturated carbocycles. The molecule has 0 bridgehead atoms. The van der Waals surface area contributed by atoms with Crippen LogP contribution < -0.4 is 4.74 Å². The third kappa shape index (κ3) is 5.47. The number of halogens is 1. The van der Waals surface area contributed by atoms with Gasteiger partial charge in [0.25, 0.3) is 10.0 Å². The van der Waals surface area contributed by atoms with E-state index in [1.54, 1.807) is 31.1 Å². The molecule has 2 rings (SSSR count). The molecular formula is C18H21ClN2O3S. The second-order valence-electron chi connectivity index (χ2n) is 6.04. The first-order chi connectivity index (χ1) is 11.7. The fourth-order valence-corrected chi connectivity index (χ4v) is 3.68. The fraction of sp³-hybridized carbons (Fsp3) is 0.278. The summed E-state index contributed by atoms with van der Waals surface area (Å²) < 4.78 is 34.0. The van der Waals surface area contributed by atoms with Crippen LogP contribution in [0.5, 0.6) is 5.75 Å². The molecule has 25 heavy (non-hydrogen) atoms. The number of hydrogen-bond acceptors (Lipinski definition) is 3. The van der Waals surface area contributed by atoms with Crippen molar-refractivity contribution in [2.45, 2.75) is 25.3 Å².